The van der Waals surface area contributed by atoms with Crippen LogP contribution in [0.3, 0.4) is 0 Å². The van der Waals surface area contributed by atoms with Gasteiger partial charge in [0.1, 0.15) is 0 Å². The lowest BCUT2D eigenvalue weighted by molar-refractivity contribution is -0.128. The van der Waals surface area contributed by atoms with E-state index in [9.17, 15) is 9.59 Å². The fraction of sp³-hybridized carbons (Fsp3) is 0.478. The Kier molecular flexibility index (Phi) is 6.55. The summed E-state index contributed by atoms with van der Waals surface area (Å²) in [6, 6.07) is 10.6. The first kappa shape index (κ1) is 20.6. The van der Waals surface area contributed by atoms with Crippen LogP contribution < -0.4 is 10.6 Å². The Morgan fingerprint density at radius 3 is 2.54 bits per heavy atom. The molecule has 1 aromatic heterocycles. The zero-order valence-electron chi connectivity index (χ0n) is 17.0. The highest BCUT2D eigenvalue weighted by Crippen LogP contribution is 2.30. The van der Waals surface area contributed by atoms with E-state index >= 15 is 0 Å². The summed E-state index contributed by atoms with van der Waals surface area (Å²) in [5.41, 5.74) is 3.54. The van der Waals surface area contributed by atoms with Gasteiger partial charge in [-0.15, -0.1) is 11.3 Å². The van der Waals surface area contributed by atoms with Crippen molar-refractivity contribution in [3.8, 4) is 0 Å². The molecule has 0 saturated heterocycles. The topological polar surface area (TPSA) is 58.2 Å². The first-order chi connectivity index (χ1) is 13.3. The lowest BCUT2D eigenvalue weighted by atomic mass is 9.89. The molecule has 1 unspecified atom stereocenters. The Morgan fingerprint density at radius 2 is 1.86 bits per heavy atom. The van der Waals surface area contributed by atoms with Gasteiger partial charge < -0.3 is 10.6 Å². The summed E-state index contributed by atoms with van der Waals surface area (Å²) in [6.07, 6.45) is 5.04. The molecule has 0 radical (unpaired) electrons. The molecule has 2 aromatic rings. The van der Waals surface area contributed by atoms with E-state index in [4.69, 9.17) is 0 Å². The van der Waals surface area contributed by atoms with Crippen LogP contribution >= 0.6 is 11.3 Å². The molecule has 1 aliphatic carbocycles. The third kappa shape index (κ3) is 5.22. The molecular formula is C23H30N2O2S. The van der Waals surface area contributed by atoms with Crippen molar-refractivity contribution in [3.05, 3.63) is 57.3 Å². The van der Waals surface area contributed by atoms with E-state index in [2.05, 4.69) is 34.9 Å². The van der Waals surface area contributed by atoms with Crippen molar-refractivity contribution in [3.63, 3.8) is 0 Å². The summed E-state index contributed by atoms with van der Waals surface area (Å²) in [4.78, 5) is 25.7. The third-order valence-electron chi connectivity index (χ3n) is 5.16. The number of nitrogens with one attached hydrogen (secondary N) is 2. The van der Waals surface area contributed by atoms with Crippen LogP contribution in [0.1, 0.15) is 67.6 Å². The second-order valence-corrected chi connectivity index (χ2v) is 9.49. The number of amides is 2. The summed E-state index contributed by atoms with van der Waals surface area (Å²) in [7, 11) is 0. The van der Waals surface area contributed by atoms with Gasteiger partial charge in [0, 0.05) is 23.3 Å². The quantitative estimate of drug-likeness (QED) is 0.758. The van der Waals surface area contributed by atoms with Crippen LogP contribution in [0.2, 0.25) is 0 Å². The minimum Gasteiger partial charge on any atom is -0.355 e. The van der Waals surface area contributed by atoms with Crippen molar-refractivity contribution in [2.45, 2.75) is 58.9 Å². The summed E-state index contributed by atoms with van der Waals surface area (Å²) >= 11 is 1.65. The Hall–Kier alpha value is -2.14. The van der Waals surface area contributed by atoms with E-state index in [-0.39, 0.29) is 24.3 Å². The van der Waals surface area contributed by atoms with Crippen LogP contribution in [0.4, 0.5) is 0 Å². The van der Waals surface area contributed by atoms with Crippen LogP contribution in [-0.4, -0.2) is 18.4 Å². The zero-order valence-corrected chi connectivity index (χ0v) is 17.8. The molecule has 0 saturated carbocycles. The molecule has 5 heteroatoms. The van der Waals surface area contributed by atoms with Gasteiger partial charge in [-0.05, 0) is 53.8 Å². The molecule has 0 bridgehead atoms. The van der Waals surface area contributed by atoms with Gasteiger partial charge in [-0.3, -0.25) is 9.59 Å². The minimum atomic E-state index is -0.445. The summed E-state index contributed by atoms with van der Waals surface area (Å²) in [5.74, 6) is -0.0878. The largest absolute Gasteiger partial charge is 0.355 e. The standard InChI is InChI=1S/C23H30N2O2S/c1-23(2,3)22(27)24-13-12-20(26)25-21(19-9-6-14-28-19)18-11-10-16-7-4-5-8-17(16)15-18/h6,9-11,14-15,21H,4-5,7-8,12-13H2,1-3H3,(H,24,27)(H,25,26). The summed E-state index contributed by atoms with van der Waals surface area (Å²) in [5, 5.41) is 8.06. The maximum Gasteiger partial charge on any atom is 0.225 e. The Bertz CT molecular complexity index is 822. The van der Waals surface area contributed by atoms with Gasteiger partial charge >= 0.3 is 0 Å². The fourth-order valence-electron chi connectivity index (χ4n) is 3.50. The number of carbonyl (C=O) groups is 2. The van der Waals surface area contributed by atoms with Crippen LogP contribution in [0.5, 0.6) is 0 Å². The number of hydrogen-bond donors (Lipinski definition) is 2. The molecule has 2 amide bonds. The van der Waals surface area contributed by atoms with Gasteiger partial charge in [-0.2, -0.15) is 0 Å². The van der Waals surface area contributed by atoms with Crippen molar-refractivity contribution in [2.24, 2.45) is 5.41 Å². The minimum absolute atomic E-state index is 0.0372. The number of thiophene rings is 1. The Balaban J connectivity index is 1.68. The second kappa shape index (κ2) is 8.91. The molecular weight excluding hydrogens is 368 g/mol. The number of rotatable bonds is 6. The van der Waals surface area contributed by atoms with Crippen molar-refractivity contribution >= 4 is 23.2 Å². The highest BCUT2D eigenvalue weighted by atomic mass is 32.1. The number of benzene rings is 1. The normalized spacial score (nSPS) is 14.8. The Morgan fingerprint density at radius 1 is 1.11 bits per heavy atom. The van der Waals surface area contributed by atoms with E-state index in [0.29, 0.717) is 6.54 Å². The van der Waals surface area contributed by atoms with E-state index in [1.165, 1.54) is 24.0 Å². The molecule has 28 heavy (non-hydrogen) atoms. The SMILES string of the molecule is CC(C)(C)C(=O)NCCC(=O)NC(c1ccc2c(c1)CCCC2)c1cccs1. The van der Waals surface area contributed by atoms with Gasteiger partial charge in [-0.1, -0.05) is 45.0 Å². The second-order valence-electron chi connectivity index (χ2n) is 8.51. The maximum atomic E-state index is 12.6. The maximum absolute atomic E-state index is 12.6. The average molecular weight is 399 g/mol. The van der Waals surface area contributed by atoms with E-state index in [0.717, 1.165) is 23.3 Å². The first-order valence-corrected chi connectivity index (χ1v) is 11.0. The van der Waals surface area contributed by atoms with Crippen molar-refractivity contribution < 1.29 is 9.59 Å². The van der Waals surface area contributed by atoms with Gasteiger partial charge in [0.05, 0.1) is 6.04 Å². The van der Waals surface area contributed by atoms with Gasteiger partial charge in [-0.25, -0.2) is 0 Å². The molecule has 4 nitrogen and oxygen atoms in total. The molecule has 1 aliphatic rings. The molecule has 0 fully saturated rings. The molecule has 0 aliphatic heterocycles. The average Bonchev–Trinajstić information content (AvgIpc) is 3.19. The molecule has 1 atom stereocenters. The monoisotopic (exact) mass is 398 g/mol. The number of hydrogen-bond acceptors (Lipinski definition) is 3. The van der Waals surface area contributed by atoms with Crippen LogP contribution in [-0.2, 0) is 22.4 Å². The third-order valence-corrected chi connectivity index (χ3v) is 6.09. The number of aryl methyl sites for hydroxylation is 2. The molecule has 3 rings (SSSR count). The van der Waals surface area contributed by atoms with Crippen molar-refractivity contribution in [2.75, 3.05) is 6.54 Å². The van der Waals surface area contributed by atoms with Crippen molar-refractivity contribution in [1.29, 1.82) is 0 Å². The molecule has 1 aromatic carbocycles. The van der Waals surface area contributed by atoms with Crippen LogP contribution in [0.25, 0.3) is 0 Å². The van der Waals surface area contributed by atoms with Crippen LogP contribution in [0.15, 0.2) is 35.7 Å². The summed E-state index contributed by atoms with van der Waals surface area (Å²) in [6.45, 7) is 5.95. The van der Waals surface area contributed by atoms with Gasteiger partial charge in [0.25, 0.3) is 0 Å². The molecule has 2 N–H and O–H groups in total. The van der Waals surface area contributed by atoms with E-state index in [1.807, 2.05) is 32.2 Å². The fourth-order valence-corrected chi connectivity index (χ4v) is 4.30. The lowest BCUT2D eigenvalue weighted by Gasteiger charge is -2.22. The van der Waals surface area contributed by atoms with Crippen molar-refractivity contribution in [1.82, 2.24) is 10.6 Å². The number of fused-ring (bicyclic) bond motifs is 1. The Labute approximate surface area is 171 Å². The predicted molar refractivity (Wildman–Crippen MR) is 114 cm³/mol. The first-order valence-electron chi connectivity index (χ1n) is 10.1. The smallest absolute Gasteiger partial charge is 0.225 e. The predicted octanol–water partition coefficient (Wildman–Crippen LogP) is 4.38. The summed E-state index contributed by atoms with van der Waals surface area (Å²) < 4.78 is 0. The molecule has 1 heterocycles. The zero-order chi connectivity index (χ0) is 20.1. The lowest BCUT2D eigenvalue weighted by Crippen LogP contribution is -2.38. The number of carbonyl (C=O) groups excluding carboxylic acids is 2. The van der Waals surface area contributed by atoms with E-state index < -0.39 is 5.41 Å². The molecule has 150 valence electrons. The molecule has 0 spiro atoms. The highest BCUT2D eigenvalue weighted by molar-refractivity contribution is 7.10. The van der Waals surface area contributed by atoms with E-state index in [1.54, 1.807) is 11.3 Å². The van der Waals surface area contributed by atoms with Gasteiger partial charge in [0.2, 0.25) is 11.8 Å². The highest BCUT2D eigenvalue weighted by Gasteiger charge is 2.22. The van der Waals surface area contributed by atoms with Crippen LogP contribution in [0, 0.1) is 5.41 Å². The van der Waals surface area contributed by atoms with Gasteiger partial charge in [0.15, 0.2) is 0 Å².